The molecule has 3 aromatic carbocycles. The predicted octanol–water partition coefficient (Wildman–Crippen LogP) is 6.63. The molecule has 3 rings (SSSR count). The summed E-state index contributed by atoms with van der Waals surface area (Å²) < 4.78 is 0. The lowest BCUT2D eigenvalue weighted by Gasteiger charge is -2.09. The molecule has 0 N–H and O–H groups in total. The molecule has 0 bridgehead atoms. The monoisotopic (exact) mass is 320 g/mol. The minimum Gasteiger partial charge on any atom is -0.0984 e. The highest BCUT2D eigenvalue weighted by atomic mass is 32.2. The van der Waals surface area contributed by atoms with Crippen molar-refractivity contribution in [3.05, 3.63) is 91.0 Å². The molecule has 0 unspecified atom stereocenters. The molecule has 22 heavy (non-hydrogen) atoms. The summed E-state index contributed by atoms with van der Waals surface area (Å²) in [5.74, 6) is 0. The van der Waals surface area contributed by atoms with E-state index in [1.54, 1.807) is 23.5 Å². The average Bonchev–Trinajstić information content (AvgIpc) is 2.57. The van der Waals surface area contributed by atoms with Crippen LogP contribution in [-0.4, -0.2) is 0 Å². The van der Waals surface area contributed by atoms with Gasteiger partial charge in [0.15, 0.2) is 0 Å². The lowest BCUT2D eigenvalue weighted by atomic mass is 10.2. The van der Waals surface area contributed by atoms with Crippen LogP contribution in [0.5, 0.6) is 0 Å². The van der Waals surface area contributed by atoms with Crippen LogP contribution in [-0.2, 0) is 0 Å². The standard InChI is InChI=1S/C20H16S2/c1-2-16-13-14-19(21-17-9-5-3-6-10-17)15-20(16)22-18-11-7-4-8-12-18/h2-15H,1H2. The Morgan fingerprint density at radius 3 is 1.82 bits per heavy atom. The van der Waals surface area contributed by atoms with E-state index in [4.69, 9.17) is 0 Å². The Labute approximate surface area is 140 Å². The molecule has 2 heteroatoms. The molecule has 0 aliphatic rings. The minimum absolute atomic E-state index is 1.17. The van der Waals surface area contributed by atoms with Crippen molar-refractivity contribution in [1.82, 2.24) is 0 Å². The molecule has 0 aliphatic carbocycles. The third-order valence-corrected chi connectivity index (χ3v) is 5.23. The third kappa shape index (κ3) is 3.85. The van der Waals surface area contributed by atoms with Gasteiger partial charge in [-0.25, -0.2) is 0 Å². The predicted molar refractivity (Wildman–Crippen MR) is 97.7 cm³/mol. The zero-order valence-corrected chi connectivity index (χ0v) is 13.7. The summed E-state index contributed by atoms with van der Waals surface area (Å²) in [4.78, 5) is 4.98. The second-order valence-corrected chi connectivity index (χ2v) is 7.00. The van der Waals surface area contributed by atoms with Gasteiger partial charge in [-0.2, -0.15) is 0 Å². The van der Waals surface area contributed by atoms with Gasteiger partial charge < -0.3 is 0 Å². The molecule has 0 atom stereocenters. The lowest BCUT2D eigenvalue weighted by molar-refractivity contribution is 1.29. The first-order chi connectivity index (χ1) is 10.8. The molecule has 0 aliphatic heterocycles. The van der Waals surface area contributed by atoms with Crippen LogP contribution in [0.2, 0.25) is 0 Å². The highest BCUT2D eigenvalue weighted by Crippen LogP contribution is 2.36. The molecule has 0 nitrogen and oxygen atoms in total. The Balaban J connectivity index is 1.88. The molecular weight excluding hydrogens is 304 g/mol. The maximum absolute atomic E-state index is 3.93. The van der Waals surface area contributed by atoms with Gasteiger partial charge in [-0.3, -0.25) is 0 Å². The number of hydrogen-bond acceptors (Lipinski definition) is 2. The highest BCUT2D eigenvalue weighted by molar-refractivity contribution is 8.00. The Kier molecular flexibility index (Phi) is 5.04. The fraction of sp³-hybridized carbons (Fsp3) is 0. The van der Waals surface area contributed by atoms with Gasteiger partial charge in [0, 0.05) is 19.6 Å². The van der Waals surface area contributed by atoms with Crippen LogP contribution in [0.4, 0.5) is 0 Å². The van der Waals surface area contributed by atoms with Crippen molar-refractivity contribution in [3.8, 4) is 0 Å². The van der Waals surface area contributed by atoms with Crippen molar-refractivity contribution in [2.24, 2.45) is 0 Å². The second kappa shape index (κ2) is 7.39. The Morgan fingerprint density at radius 2 is 1.23 bits per heavy atom. The normalized spacial score (nSPS) is 10.4. The average molecular weight is 320 g/mol. The fourth-order valence-corrected chi connectivity index (χ4v) is 4.03. The summed E-state index contributed by atoms with van der Waals surface area (Å²) in [7, 11) is 0. The van der Waals surface area contributed by atoms with Crippen molar-refractivity contribution < 1.29 is 0 Å². The summed E-state index contributed by atoms with van der Waals surface area (Å²) in [6, 6.07) is 27.4. The van der Waals surface area contributed by atoms with E-state index in [1.807, 2.05) is 18.2 Å². The van der Waals surface area contributed by atoms with Gasteiger partial charge in [0.05, 0.1) is 0 Å². The van der Waals surface area contributed by atoms with Gasteiger partial charge in [-0.05, 0) is 42.0 Å². The molecule has 0 aromatic heterocycles. The SMILES string of the molecule is C=Cc1ccc(Sc2ccccc2)cc1Sc1ccccc1. The van der Waals surface area contributed by atoms with Crippen LogP contribution in [0.15, 0.2) is 105 Å². The van der Waals surface area contributed by atoms with E-state index in [-0.39, 0.29) is 0 Å². The van der Waals surface area contributed by atoms with Gasteiger partial charge in [0.1, 0.15) is 0 Å². The third-order valence-electron chi connectivity index (χ3n) is 3.15. The van der Waals surface area contributed by atoms with Crippen LogP contribution in [0.1, 0.15) is 5.56 Å². The van der Waals surface area contributed by atoms with Gasteiger partial charge in [-0.1, -0.05) is 78.6 Å². The Bertz CT molecular complexity index is 749. The van der Waals surface area contributed by atoms with Gasteiger partial charge in [-0.15, -0.1) is 0 Å². The van der Waals surface area contributed by atoms with E-state index in [2.05, 4.69) is 73.3 Å². The summed E-state index contributed by atoms with van der Waals surface area (Å²) in [5.41, 5.74) is 1.17. The Morgan fingerprint density at radius 1 is 0.636 bits per heavy atom. The molecular formula is C20H16S2. The van der Waals surface area contributed by atoms with E-state index < -0.39 is 0 Å². The van der Waals surface area contributed by atoms with Gasteiger partial charge >= 0.3 is 0 Å². The van der Waals surface area contributed by atoms with Gasteiger partial charge in [0.2, 0.25) is 0 Å². The topological polar surface area (TPSA) is 0 Å². The first kappa shape index (κ1) is 15.0. The molecule has 0 amide bonds. The van der Waals surface area contributed by atoms with E-state index in [0.717, 1.165) is 0 Å². The molecule has 0 radical (unpaired) electrons. The number of benzene rings is 3. The molecule has 0 saturated heterocycles. The quantitative estimate of drug-likeness (QED) is 0.517. The van der Waals surface area contributed by atoms with E-state index >= 15 is 0 Å². The molecule has 0 saturated carbocycles. The fourth-order valence-electron chi connectivity index (χ4n) is 2.08. The second-order valence-electron chi connectivity index (χ2n) is 4.73. The van der Waals surface area contributed by atoms with Crippen molar-refractivity contribution in [2.45, 2.75) is 19.6 Å². The van der Waals surface area contributed by atoms with E-state index in [1.165, 1.54) is 25.1 Å². The van der Waals surface area contributed by atoms with Gasteiger partial charge in [0.25, 0.3) is 0 Å². The summed E-state index contributed by atoms with van der Waals surface area (Å²) in [5, 5.41) is 0. The first-order valence-electron chi connectivity index (χ1n) is 7.07. The van der Waals surface area contributed by atoms with E-state index in [9.17, 15) is 0 Å². The Hall–Kier alpha value is -1.90. The summed E-state index contributed by atoms with van der Waals surface area (Å²) in [6.45, 7) is 3.93. The van der Waals surface area contributed by atoms with Crippen molar-refractivity contribution >= 4 is 29.6 Å². The van der Waals surface area contributed by atoms with Crippen LogP contribution < -0.4 is 0 Å². The van der Waals surface area contributed by atoms with Crippen LogP contribution in [0.25, 0.3) is 6.08 Å². The summed E-state index contributed by atoms with van der Waals surface area (Å²) >= 11 is 3.56. The highest BCUT2D eigenvalue weighted by Gasteiger charge is 2.05. The molecule has 0 spiro atoms. The smallest absolute Gasteiger partial charge is 0.0205 e. The first-order valence-corrected chi connectivity index (χ1v) is 8.71. The van der Waals surface area contributed by atoms with Crippen molar-refractivity contribution in [2.75, 3.05) is 0 Å². The molecule has 0 fully saturated rings. The summed E-state index contributed by atoms with van der Waals surface area (Å²) in [6.07, 6.45) is 1.92. The van der Waals surface area contributed by atoms with E-state index in [0.29, 0.717) is 0 Å². The molecule has 3 aromatic rings. The lowest BCUT2D eigenvalue weighted by Crippen LogP contribution is -1.82. The molecule has 108 valence electrons. The van der Waals surface area contributed by atoms with Crippen LogP contribution in [0, 0.1) is 0 Å². The number of hydrogen-bond donors (Lipinski definition) is 0. The van der Waals surface area contributed by atoms with Crippen LogP contribution in [0.3, 0.4) is 0 Å². The zero-order chi connectivity index (χ0) is 15.2. The largest absolute Gasteiger partial charge is 0.0984 e. The maximum Gasteiger partial charge on any atom is 0.0205 e. The number of rotatable bonds is 5. The van der Waals surface area contributed by atoms with Crippen molar-refractivity contribution in [1.29, 1.82) is 0 Å². The molecule has 0 heterocycles. The minimum atomic E-state index is 1.17. The van der Waals surface area contributed by atoms with Crippen molar-refractivity contribution in [3.63, 3.8) is 0 Å². The zero-order valence-electron chi connectivity index (χ0n) is 12.1. The van der Waals surface area contributed by atoms with Crippen LogP contribution >= 0.6 is 23.5 Å². The maximum atomic E-state index is 3.93.